The summed E-state index contributed by atoms with van der Waals surface area (Å²) in [5.74, 6) is 0.512. The lowest BCUT2D eigenvalue weighted by Crippen LogP contribution is -2.61. The first-order valence-corrected chi connectivity index (χ1v) is 13.8. The highest BCUT2D eigenvalue weighted by atomic mass is 16.7. The van der Waals surface area contributed by atoms with Gasteiger partial charge in [-0.2, -0.15) is 0 Å². The highest BCUT2D eigenvalue weighted by Gasteiger charge is 2.66. The fourth-order valence-electron chi connectivity index (χ4n) is 9.43. The van der Waals surface area contributed by atoms with Gasteiger partial charge in [-0.3, -0.25) is 0 Å². The molecular formula is C27H44O9. The summed E-state index contributed by atoms with van der Waals surface area (Å²) >= 11 is 0. The Morgan fingerprint density at radius 3 is 2.31 bits per heavy atom. The SMILES string of the molecule is C[C@H](O)[C@@]1(O)CCC2C3CCC4CC(O[C@@H]5O[C@H](C(=O)O)[C@@H](O)[C@@H](O)[C@H]5O)CC[C@]4(C)C3CC[C@@]21C. The van der Waals surface area contributed by atoms with Crippen molar-refractivity contribution in [3.63, 3.8) is 0 Å². The first-order chi connectivity index (χ1) is 16.8. The molecule has 4 aliphatic carbocycles. The number of rotatable bonds is 4. The molecule has 5 unspecified atom stereocenters. The van der Waals surface area contributed by atoms with E-state index < -0.39 is 48.4 Å². The summed E-state index contributed by atoms with van der Waals surface area (Å²) in [6, 6.07) is 0. The number of fused-ring (bicyclic) bond motifs is 5. The lowest BCUT2D eigenvalue weighted by Gasteiger charge is -2.62. The number of ether oxygens (including phenoxy) is 2. The first kappa shape index (κ1) is 26.8. The van der Waals surface area contributed by atoms with Gasteiger partial charge in [0.05, 0.1) is 17.8 Å². The third-order valence-corrected chi connectivity index (χ3v) is 11.7. The third kappa shape index (κ3) is 3.80. The fourth-order valence-corrected chi connectivity index (χ4v) is 9.43. The van der Waals surface area contributed by atoms with Gasteiger partial charge in [0, 0.05) is 5.41 Å². The molecule has 0 radical (unpaired) electrons. The molecule has 0 spiro atoms. The van der Waals surface area contributed by atoms with Gasteiger partial charge in [-0.15, -0.1) is 0 Å². The van der Waals surface area contributed by atoms with E-state index in [2.05, 4.69) is 13.8 Å². The van der Waals surface area contributed by atoms with E-state index in [0.717, 1.165) is 51.4 Å². The molecule has 0 bridgehead atoms. The van der Waals surface area contributed by atoms with E-state index in [4.69, 9.17) is 9.47 Å². The van der Waals surface area contributed by atoms with E-state index in [1.165, 1.54) is 0 Å². The Morgan fingerprint density at radius 1 is 0.944 bits per heavy atom. The second-order valence-corrected chi connectivity index (χ2v) is 13.0. The highest BCUT2D eigenvalue weighted by Crippen LogP contribution is 2.68. The van der Waals surface area contributed by atoms with Gasteiger partial charge in [0.15, 0.2) is 12.4 Å². The van der Waals surface area contributed by atoms with E-state index >= 15 is 0 Å². The van der Waals surface area contributed by atoms with Gasteiger partial charge in [0.25, 0.3) is 0 Å². The van der Waals surface area contributed by atoms with E-state index in [0.29, 0.717) is 30.1 Å². The minimum Gasteiger partial charge on any atom is -0.479 e. The topological polar surface area (TPSA) is 157 Å². The summed E-state index contributed by atoms with van der Waals surface area (Å²) in [5.41, 5.74) is -1.13. The van der Waals surface area contributed by atoms with Gasteiger partial charge in [-0.1, -0.05) is 13.8 Å². The Morgan fingerprint density at radius 2 is 1.64 bits per heavy atom. The zero-order valence-corrected chi connectivity index (χ0v) is 21.6. The molecule has 1 saturated heterocycles. The molecule has 6 N–H and O–H groups in total. The van der Waals surface area contributed by atoms with Crippen LogP contribution in [0.4, 0.5) is 0 Å². The Hall–Kier alpha value is -0.810. The molecule has 5 aliphatic rings. The smallest absolute Gasteiger partial charge is 0.335 e. The first-order valence-electron chi connectivity index (χ1n) is 13.8. The molecule has 0 aromatic rings. The molecule has 1 aliphatic heterocycles. The predicted molar refractivity (Wildman–Crippen MR) is 128 cm³/mol. The standard InChI is InChI=1S/C27H44O9/c1-13(28)27(34)11-8-18-16-5-4-14-12-15(6-9-25(14,2)17(16)7-10-26(18,27)3)35-24-21(31)19(29)20(30)22(36-24)23(32)33/h13-22,24,28-31,34H,4-12H2,1-3H3,(H,32,33)/t13-,14?,15?,16?,17?,18?,19+,20-,21+,22-,24+,25-,26-,27-/m0/s1. The number of hydrogen-bond acceptors (Lipinski definition) is 8. The van der Waals surface area contributed by atoms with E-state index in [1.54, 1.807) is 6.92 Å². The van der Waals surface area contributed by atoms with Crippen molar-refractivity contribution in [2.75, 3.05) is 0 Å². The second kappa shape index (κ2) is 9.14. The molecule has 0 aromatic heterocycles. The third-order valence-electron chi connectivity index (χ3n) is 11.7. The largest absolute Gasteiger partial charge is 0.479 e. The maximum atomic E-state index is 11.4. The molecule has 9 nitrogen and oxygen atoms in total. The minimum atomic E-state index is -1.72. The summed E-state index contributed by atoms with van der Waals surface area (Å²) in [5, 5.41) is 61.7. The van der Waals surface area contributed by atoms with Crippen molar-refractivity contribution in [3.05, 3.63) is 0 Å². The van der Waals surface area contributed by atoms with Crippen molar-refractivity contribution in [1.29, 1.82) is 0 Å². The van der Waals surface area contributed by atoms with Crippen molar-refractivity contribution in [2.24, 2.45) is 34.5 Å². The predicted octanol–water partition coefficient (Wildman–Crippen LogP) is 1.42. The number of aliphatic carboxylic acids is 1. The number of aliphatic hydroxyl groups excluding tert-OH is 4. The average molecular weight is 513 g/mol. The van der Waals surface area contributed by atoms with Crippen LogP contribution in [0.2, 0.25) is 0 Å². The number of hydrogen-bond donors (Lipinski definition) is 6. The molecule has 1 heterocycles. The summed E-state index contributed by atoms with van der Waals surface area (Å²) in [6.45, 7) is 6.32. The van der Waals surface area contributed by atoms with E-state index in [-0.39, 0.29) is 16.9 Å². The van der Waals surface area contributed by atoms with Crippen LogP contribution in [0.1, 0.15) is 78.6 Å². The maximum absolute atomic E-state index is 11.4. The van der Waals surface area contributed by atoms with Gasteiger partial charge in [0.2, 0.25) is 0 Å². The van der Waals surface area contributed by atoms with E-state index in [1.807, 2.05) is 0 Å². The quantitative estimate of drug-likeness (QED) is 0.307. The minimum absolute atomic E-state index is 0.140. The molecule has 36 heavy (non-hydrogen) atoms. The van der Waals surface area contributed by atoms with Crippen molar-refractivity contribution in [3.8, 4) is 0 Å². The zero-order valence-electron chi connectivity index (χ0n) is 21.6. The Balaban J connectivity index is 1.27. The number of aliphatic hydroxyl groups is 5. The van der Waals surface area contributed by atoms with Crippen molar-refractivity contribution in [1.82, 2.24) is 0 Å². The lowest BCUT2D eigenvalue weighted by molar-refractivity contribution is -0.309. The van der Waals surface area contributed by atoms with Crippen LogP contribution in [0.15, 0.2) is 0 Å². The van der Waals surface area contributed by atoms with Crippen molar-refractivity contribution < 1.29 is 44.9 Å². The molecule has 4 saturated carbocycles. The summed E-state index contributed by atoms with van der Waals surface area (Å²) < 4.78 is 11.4. The normalized spacial score (nSPS) is 55.8. The lowest BCUT2D eigenvalue weighted by atomic mass is 9.44. The summed E-state index contributed by atoms with van der Waals surface area (Å²) in [6.07, 6.45) is -0.627. The zero-order chi connectivity index (χ0) is 26.2. The second-order valence-electron chi connectivity index (χ2n) is 13.0. The van der Waals surface area contributed by atoms with Gasteiger partial charge in [-0.05, 0) is 93.8 Å². The average Bonchev–Trinajstić information content (AvgIpc) is 3.11. The molecule has 0 aromatic carbocycles. The van der Waals surface area contributed by atoms with Crippen LogP contribution in [0.5, 0.6) is 0 Å². The van der Waals surface area contributed by atoms with Crippen LogP contribution >= 0.6 is 0 Å². The van der Waals surface area contributed by atoms with Crippen LogP contribution in [0.25, 0.3) is 0 Å². The Labute approximate surface area is 212 Å². The molecule has 5 fully saturated rings. The number of carboxylic acid groups (broad SMARTS) is 1. The van der Waals surface area contributed by atoms with Crippen LogP contribution < -0.4 is 0 Å². The molecule has 9 heteroatoms. The van der Waals surface area contributed by atoms with Crippen LogP contribution in [0.3, 0.4) is 0 Å². The monoisotopic (exact) mass is 512 g/mol. The Kier molecular flexibility index (Phi) is 6.80. The number of carbonyl (C=O) groups is 1. The van der Waals surface area contributed by atoms with Crippen molar-refractivity contribution in [2.45, 2.75) is 127 Å². The molecule has 206 valence electrons. The van der Waals surface area contributed by atoms with Gasteiger partial charge in [0.1, 0.15) is 18.3 Å². The van der Waals surface area contributed by atoms with Crippen LogP contribution in [0, 0.1) is 34.5 Å². The van der Waals surface area contributed by atoms with Crippen LogP contribution in [-0.4, -0.2) is 85.1 Å². The summed E-state index contributed by atoms with van der Waals surface area (Å²) in [7, 11) is 0. The van der Waals surface area contributed by atoms with Gasteiger partial charge < -0.3 is 40.1 Å². The Bertz CT molecular complexity index is 851. The molecular weight excluding hydrogens is 468 g/mol. The summed E-state index contributed by atoms with van der Waals surface area (Å²) in [4.78, 5) is 11.4. The molecule has 5 rings (SSSR count). The van der Waals surface area contributed by atoms with E-state index in [9.17, 15) is 35.4 Å². The van der Waals surface area contributed by atoms with Gasteiger partial charge >= 0.3 is 5.97 Å². The molecule has 0 amide bonds. The highest BCUT2D eigenvalue weighted by molar-refractivity contribution is 5.73. The molecule has 14 atom stereocenters. The van der Waals surface area contributed by atoms with Crippen LogP contribution in [-0.2, 0) is 14.3 Å². The maximum Gasteiger partial charge on any atom is 0.335 e. The number of carboxylic acids is 1. The van der Waals surface area contributed by atoms with Gasteiger partial charge in [-0.25, -0.2) is 4.79 Å². The fraction of sp³-hybridized carbons (Fsp3) is 0.963. The van der Waals surface area contributed by atoms with Crippen molar-refractivity contribution >= 4 is 5.97 Å².